The van der Waals surface area contributed by atoms with Crippen molar-refractivity contribution in [2.24, 2.45) is 56.4 Å². The first-order valence-electron chi connectivity index (χ1n) is 10.2. The van der Waals surface area contributed by atoms with Crippen LogP contribution in [0.4, 0.5) is 0 Å². The Morgan fingerprint density at radius 1 is 1.04 bits per heavy atom. The van der Waals surface area contributed by atoms with Crippen LogP contribution < -0.4 is 11.7 Å². The minimum absolute atomic E-state index is 0.369. The van der Waals surface area contributed by atoms with Gasteiger partial charge in [-0.05, 0) is 93.0 Å². The number of rotatable bonds is 1. The largest absolute Gasteiger partial charge is 0.323 e. The summed E-state index contributed by atoms with van der Waals surface area (Å²) >= 11 is 0. The number of nitrogens with two attached hydrogens (primary N) is 2. The number of nitrogens with zero attached hydrogens (tertiary/aromatic N) is 2. The Balaban J connectivity index is 1.65. The molecule has 0 bridgehead atoms. The van der Waals surface area contributed by atoms with Crippen LogP contribution in [0.25, 0.3) is 0 Å². The Morgan fingerprint density at radius 2 is 1.84 bits per heavy atom. The summed E-state index contributed by atoms with van der Waals surface area (Å²) in [5.41, 5.74) is 4.68. The Bertz CT molecular complexity index is 648. The van der Waals surface area contributed by atoms with Gasteiger partial charge in [0.25, 0.3) is 0 Å². The van der Waals surface area contributed by atoms with E-state index < -0.39 is 0 Å². The van der Waals surface area contributed by atoms with Crippen molar-refractivity contribution < 1.29 is 0 Å². The average Bonchev–Trinajstić information content (AvgIpc) is 2.97. The second-order valence-corrected chi connectivity index (χ2v) is 9.57. The van der Waals surface area contributed by atoms with E-state index >= 15 is 0 Å². The van der Waals surface area contributed by atoms with Gasteiger partial charge in [0.2, 0.25) is 0 Å². The molecule has 138 valence electrons. The maximum atomic E-state index is 5.66. The van der Waals surface area contributed by atoms with E-state index in [9.17, 15) is 0 Å². The molecule has 6 atom stereocenters. The molecule has 4 aliphatic rings. The molecule has 0 unspecified atom stereocenters. The number of allylic oxidation sites excluding steroid dienone is 2. The smallest absolute Gasteiger partial charge is 0.0600 e. The third-order valence-corrected chi connectivity index (χ3v) is 8.85. The van der Waals surface area contributed by atoms with E-state index in [0.717, 1.165) is 29.9 Å². The maximum Gasteiger partial charge on any atom is 0.0600 e. The van der Waals surface area contributed by atoms with Crippen molar-refractivity contribution in [3.05, 3.63) is 11.6 Å². The fourth-order valence-corrected chi connectivity index (χ4v) is 7.45. The van der Waals surface area contributed by atoms with E-state index in [4.69, 9.17) is 11.7 Å². The first-order chi connectivity index (χ1) is 11.9. The SMILES string of the molecule is C/C(=N/N)[C@H]1CC[C@H]2[C@@H]3CCC4=C/C(=N/N)CC[C@]4(C)[C@H]3CC[C@]12C. The third kappa shape index (κ3) is 2.32. The second-order valence-electron chi connectivity index (χ2n) is 9.57. The summed E-state index contributed by atoms with van der Waals surface area (Å²) in [4.78, 5) is 0. The lowest BCUT2D eigenvalue weighted by molar-refractivity contribution is -0.0407. The molecule has 0 aromatic rings. The Labute approximate surface area is 152 Å². The summed E-state index contributed by atoms with van der Waals surface area (Å²) in [5.74, 6) is 14.4. The quantitative estimate of drug-likeness (QED) is 0.425. The van der Waals surface area contributed by atoms with Crippen LogP contribution in [0.1, 0.15) is 72.1 Å². The van der Waals surface area contributed by atoms with E-state index in [2.05, 4.69) is 37.1 Å². The van der Waals surface area contributed by atoms with Gasteiger partial charge in [-0.25, -0.2) is 0 Å². The lowest BCUT2D eigenvalue weighted by atomic mass is 9.46. The highest BCUT2D eigenvalue weighted by atomic mass is 15.1. The van der Waals surface area contributed by atoms with Crippen LogP contribution in [0, 0.1) is 34.5 Å². The van der Waals surface area contributed by atoms with Gasteiger partial charge in [-0.15, -0.1) is 0 Å². The topological polar surface area (TPSA) is 76.8 Å². The van der Waals surface area contributed by atoms with Crippen molar-refractivity contribution in [1.29, 1.82) is 0 Å². The molecule has 0 aromatic heterocycles. The molecular weight excluding hydrogens is 308 g/mol. The standard InChI is InChI=1S/C21H34N4/c1-13(24-22)17-6-7-18-16-5-4-14-12-15(25-23)8-10-20(14,2)19(16)9-11-21(17,18)3/h12,16-19H,4-11,22-23H2,1-3H3/b24-13-,25-15+/t16-,17+,18-,19-,20-,21+/m0/s1. The first-order valence-corrected chi connectivity index (χ1v) is 10.2. The highest BCUT2D eigenvalue weighted by molar-refractivity contribution is 5.96. The van der Waals surface area contributed by atoms with Crippen LogP contribution in [0.3, 0.4) is 0 Å². The number of hydrogen-bond donors (Lipinski definition) is 2. The van der Waals surface area contributed by atoms with Crippen molar-refractivity contribution in [3.8, 4) is 0 Å². The molecule has 0 aromatic carbocycles. The molecule has 25 heavy (non-hydrogen) atoms. The van der Waals surface area contributed by atoms with Gasteiger partial charge in [0, 0.05) is 11.6 Å². The highest BCUT2D eigenvalue weighted by Crippen LogP contribution is 2.66. The van der Waals surface area contributed by atoms with Crippen molar-refractivity contribution >= 4 is 11.4 Å². The Hall–Kier alpha value is -1.32. The lowest BCUT2D eigenvalue weighted by Crippen LogP contribution is -2.51. The van der Waals surface area contributed by atoms with Crippen LogP contribution in [0.5, 0.6) is 0 Å². The minimum atomic E-state index is 0.369. The molecule has 0 amide bonds. The predicted octanol–water partition coefficient (Wildman–Crippen LogP) is 4.21. The lowest BCUT2D eigenvalue weighted by Gasteiger charge is -2.58. The second kappa shape index (κ2) is 5.85. The van der Waals surface area contributed by atoms with Crippen LogP contribution in [0.15, 0.2) is 21.9 Å². The molecule has 4 aliphatic carbocycles. The van der Waals surface area contributed by atoms with Crippen molar-refractivity contribution in [1.82, 2.24) is 0 Å². The zero-order chi connectivity index (χ0) is 17.8. The molecular formula is C21H34N4. The minimum Gasteiger partial charge on any atom is -0.323 e. The van der Waals surface area contributed by atoms with Gasteiger partial charge in [-0.1, -0.05) is 19.4 Å². The molecule has 0 saturated heterocycles. The maximum absolute atomic E-state index is 5.66. The Kier molecular flexibility index (Phi) is 4.01. The van der Waals surface area contributed by atoms with Crippen LogP contribution in [0.2, 0.25) is 0 Å². The van der Waals surface area contributed by atoms with Gasteiger partial charge in [0.1, 0.15) is 0 Å². The van der Waals surface area contributed by atoms with Gasteiger partial charge >= 0.3 is 0 Å². The van der Waals surface area contributed by atoms with Gasteiger partial charge < -0.3 is 11.7 Å². The summed E-state index contributed by atoms with van der Waals surface area (Å²) in [6, 6.07) is 0. The zero-order valence-electron chi connectivity index (χ0n) is 16.1. The molecule has 3 fully saturated rings. The molecule has 0 radical (unpaired) electrons. The van der Waals surface area contributed by atoms with Gasteiger partial charge in [0.05, 0.1) is 5.71 Å². The molecule has 4 nitrogen and oxygen atoms in total. The molecule has 3 saturated carbocycles. The molecule has 4 rings (SSSR count). The zero-order valence-corrected chi connectivity index (χ0v) is 16.1. The molecule has 0 aliphatic heterocycles. The van der Waals surface area contributed by atoms with Crippen LogP contribution >= 0.6 is 0 Å². The van der Waals surface area contributed by atoms with E-state index in [0.29, 0.717) is 16.7 Å². The molecule has 4 heteroatoms. The predicted molar refractivity (Wildman–Crippen MR) is 104 cm³/mol. The number of hydrogen-bond acceptors (Lipinski definition) is 4. The Morgan fingerprint density at radius 3 is 2.56 bits per heavy atom. The monoisotopic (exact) mass is 342 g/mol. The van der Waals surface area contributed by atoms with E-state index in [-0.39, 0.29) is 0 Å². The molecule has 0 heterocycles. The van der Waals surface area contributed by atoms with Crippen molar-refractivity contribution in [2.45, 2.75) is 72.1 Å². The van der Waals surface area contributed by atoms with Gasteiger partial charge in [-0.3, -0.25) is 0 Å². The van der Waals surface area contributed by atoms with Crippen LogP contribution in [-0.2, 0) is 0 Å². The van der Waals surface area contributed by atoms with Crippen molar-refractivity contribution in [3.63, 3.8) is 0 Å². The summed E-state index contributed by atoms with van der Waals surface area (Å²) in [6.45, 7) is 7.21. The number of hydrazone groups is 2. The third-order valence-electron chi connectivity index (χ3n) is 8.85. The normalized spacial score (nSPS) is 48.5. The summed E-state index contributed by atoms with van der Waals surface area (Å²) < 4.78 is 0. The van der Waals surface area contributed by atoms with E-state index in [1.54, 1.807) is 5.57 Å². The van der Waals surface area contributed by atoms with E-state index in [1.807, 2.05) is 0 Å². The molecule has 0 spiro atoms. The molecule has 4 N–H and O–H groups in total. The summed E-state index contributed by atoms with van der Waals surface area (Å²) in [6.07, 6.45) is 12.5. The fourth-order valence-electron chi connectivity index (χ4n) is 7.45. The van der Waals surface area contributed by atoms with Gasteiger partial charge in [0.15, 0.2) is 0 Å². The average molecular weight is 343 g/mol. The number of fused-ring (bicyclic) bond motifs is 5. The van der Waals surface area contributed by atoms with Crippen molar-refractivity contribution in [2.75, 3.05) is 0 Å². The summed E-state index contributed by atoms with van der Waals surface area (Å²) in [5, 5.41) is 8.08. The van der Waals surface area contributed by atoms with E-state index in [1.165, 1.54) is 50.7 Å². The van der Waals surface area contributed by atoms with Gasteiger partial charge in [-0.2, -0.15) is 10.2 Å². The van der Waals surface area contributed by atoms with Crippen LogP contribution in [-0.4, -0.2) is 11.4 Å². The highest BCUT2D eigenvalue weighted by Gasteiger charge is 2.59. The fraction of sp³-hybridized carbons (Fsp3) is 0.810. The first kappa shape index (κ1) is 17.1. The summed E-state index contributed by atoms with van der Waals surface area (Å²) in [7, 11) is 0.